The van der Waals surface area contributed by atoms with Gasteiger partial charge in [0, 0.05) is 30.4 Å². The minimum atomic E-state index is 0.0703. The molecule has 0 amide bonds. The van der Waals surface area contributed by atoms with E-state index in [4.69, 9.17) is 10.8 Å². The first-order valence-electron chi connectivity index (χ1n) is 10.0. The lowest BCUT2D eigenvalue weighted by Crippen LogP contribution is -2.21. The van der Waals surface area contributed by atoms with E-state index in [-0.39, 0.29) is 11.8 Å². The summed E-state index contributed by atoms with van der Waals surface area (Å²) in [5.41, 5.74) is 7.34. The molecule has 150 valence electrons. The number of nitrogens with one attached hydrogen (secondary N) is 2. The van der Waals surface area contributed by atoms with Crippen LogP contribution in [-0.2, 0) is 0 Å². The summed E-state index contributed by atoms with van der Waals surface area (Å²) in [6, 6.07) is 13.9. The van der Waals surface area contributed by atoms with Gasteiger partial charge in [0.25, 0.3) is 0 Å². The Morgan fingerprint density at radius 1 is 1.28 bits per heavy atom. The Bertz CT molecular complexity index is 993. The standard InChI is InChI=1S/C23H27N5O/c1-15(28-24)23-20-6-5-17(16-7-10-25-11-8-16)13-21(20)22(9-12-26-23)27-18-3-2-4-19(29)14-18/h2-7,13-14,22,25,27,29H,8-12,24H2,1H3. The molecule has 0 aliphatic carbocycles. The average molecular weight is 390 g/mol. The van der Waals surface area contributed by atoms with Crippen LogP contribution in [0.4, 0.5) is 5.69 Å². The third-order valence-corrected chi connectivity index (χ3v) is 5.53. The third kappa shape index (κ3) is 4.17. The predicted molar refractivity (Wildman–Crippen MR) is 120 cm³/mol. The van der Waals surface area contributed by atoms with Crippen LogP contribution in [0.2, 0.25) is 0 Å². The normalized spacial score (nSPS) is 19.6. The summed E-state index contributed by atoms with van der Waals surface area (Å²) >= 11 is 0. The van der Waals surface area contributed by atoms with Gasteiger partial charge in [-0.1, -0.05) is 24.3 Å². The summed E-state index contributed by atoms with van der Waals surface area (Å²) in [6.07, 6.45) is 4.13. The molecule has 6 heteroatoms. The Balaban J connectivity index is 1.77. The van der Waals surface area contributed by atoms with Gasteiger partial charge >= 0.3 is 0 Å². The molecule has 2 heterocycles. The lowest BCUT2D eigenvalue weighted by atomic mass is 9.89. The van der Waals surface area contributed by atoms with Gasteiger partial charge in [-0.25, -0.2) is 0 Å². The van der Waals surface area contributed by atoms with E-state index in [9.17, 15) is 5.11 Å². The highest BCUT2D eigenvalue weighted by Crippen LogP contribution is 2.33. The summed E-state index contributed by atoms with van der Waals surface area (Å²) < 4.78 is 0. The van der Waals surface area contributed by atoms with Crippen LogP contribution in [0.15, 0.2) is 58.6 Å². The lowest BCUT2D eigenvalue weighted by molar-refractivity contribution is 0.475. The second-order valence-corrected chi connectivity index (χ2v) is 7.47. The summed E-state index contributed by atoms with van der Waals surface area (Å²) in [7, 11) is 0. The van der Waals surface area contributed by atoms with Crippen molar-refractivity contribution >= 4 is 22.7 Å². The molecule has 2 aliphatic heterocycles. The van der Waals surface area contributed by atoms with Crippen molar-refractivity contribution in [1.82, 2.24) is 5.32 Å². The largest absolute Gasteiger partial charge is 0.508 e. The molecule has 6 nitrogen and oxygen atoms in total. The fourth-order valence-corrected chi connectivity index (χ4v) is 4.01. The van der Waals surface area contributed by atoms with Crippen molar-refractivity contribution in [2.24, 2.45) is 15.9 Å². The van der Waals surface area contributed by atoms with Gasteiger partial charge in [-0.05, 0) is 61.2 Å². The van der Waals surface area contributed by atoms with Crippen molar-refractivity contribution < 1.29 is 5.11 Å². The van der Waals surface area contributed by atoms with Crippen molar-refractivity contribution in [3.05, 3.63) is 65.2 Å². The van der Waals surface area contributed by atoms with E-state index in [1.807, 2.05) is 19.1 Å². The van der Waals surface area contributed by atoms with E-state index < -0.39 is 0 Å². The molecular weight excluding hydrogens is 362 g/mol. The highest BCUT2D eigenvalue weighted by Gasteiger charge is 2.24. The van der Waals surface area contributed by atoms with E-state index in [1.54, 1.807) is 12.1 Å². The van der Waals surface area contributed by atoms with Crippen LogP contribution in [0, 0.1) is 0 Å². The third-order valence-electron chi connectivity index (χ3n) is 5.53. The van der Waals surface area contributed by atoms with Crippen molar-refractivity contribution in [3.8, 4) is 5.75 Å². The molecule has 1 unspecified atom stereocenters. The SMILES string of the molecule is CC(=NN)C1=NCCC(Nc2cccc(O)c2)c2cc(C3=CCNCC3)ccc21. The summed E-state index contributed by atoms with van der Waals surface area (Å²) in [5, 5.41) is 20.7. The van der Waals surface area contributed by atoms with E-state index in [0.717, 1.165) is 48.6 Å². The number of nitrogens with two attached hydrogens (primary N) is 1. The number of hydrogen-bond donors (Lipinski definition) is 4. The van der Waals surface area contributed by atoms with Gasteiger partial charge in [-0.2, -0.15) is 5.10 Å². The number of nitrogens with zero attached hydrogens (tertiary/aromatic N) is 2. The Labute approximate surface area is 171 Å². The number of fused-ring (bicyclic) bond motifs is 1. The number of hydrazone groups is 1. The van der Waals surface area contributed by atoms with Crippen LogP contribution in [0.1, 0.15) is 42.5 Å². The van der Waals surface area contributed by atoms with Gasteiger partial charge in [-0.15, -0.1) is 0 Å². The van der Waals surface area contributed by atoms with Crippen LogP contribution in [0.25, 0.3) is 5.57 Å². The number of phenols is 1. The van der Waals surface area contributed by atoms with Gasteiger partial charge in [0.2, 0.25) is 0 Å². The van der Waals surface area contributed by atoms with E-state index >= 15 is 0 Å². The minimum Gasteiger partial charge on any atom is -0.508 e. The molecule has 5 N–H and O–H groups in total. The lowest BCUT2D eigenvalue weighted by Gasteiger charge is -2.23. The summed E-state index contributed by atoms with van der Waals surface area (Å²) in [6.45, 7) is 4.48. The molecule has 1 atom stereocenters. The number of anilines is 1. The second kappa shape index (κ2) is 8.49. The molecule has 0 spiro atoms. The molecule has 0 fully saturated rings. The zero-order chi connectivity index (χ0) is 20.2. The molecule has 0 aromatic heterocycles. The number of hydrogen-bond acceptors (Lipinski definition) is 6. The van der Waals surface area contributed by atoms with Crippen molar-refractivity contribution in [3.63, 3.8) is 0 Å². The summed E-state index contributed by atoms with van der Waals surface area (Å²) in [4.78, 5) is 4.78. The molecule has 0 bridgehead atoms. The smallest absolute Gasteiger partial charge is 0.117 e. The highest BCUT2D eigenvalue weighted by atomic mass is 16.3. The maximum atomic E-state index is 9.85. The first-order valence-corrected chi connectivity index (χ1v) is 10.0. The number of rotatable bonds is 4. The average Bonchev–Trinajstić information content (AvgIpc) is 2.93. The molecule has 4 rings (SSSR count). The molecule has 2 aromatic carbocycles. The van der Waals surface area contributed by atoms with Crippen LogP contribution in [-0.4, -0.2) is 36.2 Å². The van der Waals surface area contributed by atoms with Gasteiger partial charge in [-0.3, -0.25) is 4.99 Å². The van der Waals surface area contributed by atoms with Crippen LogP contribution >= 0.6 is 0 Å². The van der Waals surface area contributed by atoms with Crippen molar-refractivity contribution in [1.29, 1.82) is 0 Å². The topological polar surface area (TPSA) is 95.0 Å². The molecule has 29 heavy (non-hydrogen) atoms. The number of benzene rings is 2. The molecule has 2 aliphatic rings. The molecule has 0 saturated heterocycles. The maximum absolute atomic E-state index is 9.85. The molecule has 0 radical (unpaired) electrons. The minimum absolute atomic E-state index is 0.0703. The van der Waals surface area contributed by atoms with Crippen molar-refractivity contribution in [2.45, 2.75) is 25.8 Å². The van der Waals surface area contributed by atoms with Crippen LogP contribution < -0.4 is 16.5 Å². The van der Waals surface area contributed by atoms with E-state index in [1.165, 1.54) is 16.7 Å². The molecular formula is C23H27N5O. The predicted octanol–water partition coefficient (Wildman–Crippen LogP) is 3.45. The van der Waals surface area contributed by atoms with E-state index in [2.05, 4.69) is 40.0 Å². The Kier molecular flexibility index (Phi) is 5.62. The Morgan fingerprint density at radius 3 is 2.93 bits per heavy atom. The van der Waals surface area contributed by atoms with E-state index in [0.29, 0.717) is 6.54 Å². The van der Waals surface area contributed by atoms with Gasteiger partial charge < -0.3 is 21.6 Å². The monoisotopic (exact) mass is 389 g/mol. The second-order valence-electron chi connectivity index (χ2n) is 7.47. The first kappa shape index (κ1) is 19.2. The number of aliphatic imine (C=N–C) groups is 1. The zero-order valence-electron chi connectivity index (χ0n) is 16.7. The summed E-state index contributed by atoms with van der Waals surface area (Å²) in [5.74, 6) is 5.83. The fraction of sp³-hybridized carbons (Fsp3) is 0.304. The Hall–Kier alpha value is -3.12. The number of aromatic hydroxyl groups is 1. The Morgan fingerprint density at radius 2 is 2.17 bits per heavy atom. The molecule has 2 aromatic rings. The van der Waals surface area contributed by atoms with Crippen LogP contribution in [0.5, 0.6) is 5.75 Å². The quantitative estimate of drug-likeness (QED) is 0.366. The molecule has 0 saturated carbocycles. The zero-order valence-corrected chi connectivity index (χ0v) is 16.7. The van der Waals surface area contributed by atoms with Gasteiger partial charge in [0.1, 0.15) is 5.75 Å². The van der Waals surface area contributed by atoms with Gasteiger partial charge in [0.15, 0.2) is 0 Å². The maximum Gasteiger partial charge on any atom is 0.117 e. The number of phenolic OH excluding ortho intramolecular Hbond substituents is 1. The van der Waals surface area contributed by atoms with Crippen molar-refractivity contribution in [2.75, 3.05) is 25.0 Å². The first-order chi connectivity index (χ1) is 14.2. The fourth-order valence-electron chi connectivity index (χ4n) is 4.01. The van der Waals surface area contributed by atoms with Crippen LogP contribution in [0.3, 0.4) is 0 Å². The van der Waals surface area contributed by atoms with Gasteiger partial charge in [0.05, 0.1) is 17.5 Å². The highest BCUT2D eigenvalue weighted by molar-refractivity contribution is 6.48.